The molecule has 2 unspecified atom stereocenters. The molecule has 2 atom stereocenters. The van der Waals surface area contributed by atoms with Gasteiger partial charge in [-0.15, -0.1) is 0 Å². The number of ether oxygens (including phenoxy) is 1. The Morgan fingerprint density at radius 1 is 1.47 bits per heavy atom. The van der Waals surface area contributed by atoms with Crippen molar-refractivity contribution in [3.05, 3.63) is 0 Å². The van der Waals surface area contributed by atoms with E-state index in [-0.39, 0.29) is 0 Å². The lowest BCUT2D eigenvalue weighted by molar-refractivity contribution is 0.0433. The summed E-state index contributed by atoms with van der Waals surface area (Å²) < 4.78 is 5.88. The summed E-state index contributed by atoms with van der Waals surface area (Å²) in [7, 11) is 0. The minimum Gasteiger partial charge on any atom is -0.375 e. The molecule has 15 heavy (non-hydrogen) atoms. The quantitative estimate of drug-likeness (QED) is 0.755. The van der Waals surface area contributed by atoms with Gasteiger partial charge in [-0.05, 0) is 25.3 Å². The fourth-order valence-electron chi connectivity index (χ4n) is 2.15. The van der Waals surface area contributed by atoms with E-state index in [1.54, 1.807) is 0 Å². The fraction of sp³-hybridized carbons (Fsp3) is 1.00. The van der Waals surface area contributed by atoms with Gasteiger partial charge in [0.1, 0.15) is 0 Å². The summed E-state index contributed by atoms with van der Waals surface area (Å²) in [4.78, 5) is 0. The first-order chi connectivity index (χ1) is 7.40. The van der Waals surface area contributed by atoms with Gasteiger partial charge in [0, 0.05) is 17.5 Å². The van der Waals surface area contributed by atoms with Gasteiger partial charge in [0.2, 0.25) is 0 Å². The molecule has 0 radical (unpaired) electrons. The Morgan fingerprint density at radius 3 is 2.93 bits per heavy atom. The lowest BCUT2D eigenvalue weighted by atomic mass is 10.1. The molecule has 0 amide bonds. The van der Waals surface area contributed by atoms with Crippen LogP contribution in [0.15, 0.2) is 0 Å². The van der Waals surface area contributed by atoms with Crippen LogP contribution in [0.5, 0.6) is 0 Å². The van der Waals surface area contributed by atoms with Crippen LogP contribution in [-0.2, 0) is 4.74 Å². The summed E-state index contributed by atoms with van der Waals surface area (Å²) >= 11 is 2.05. The van der Waals surface area contributed by atoms with Gasteiger partial charge in [-0.1, -0.05) is 19.8 Å². The van der Waals surface area contributed by atoms with Crippen molar-refractivity contribution < 1.29 is 4.74 Å². The molecule has 2 fully saturated rings. The first-order valence-electron chi connectivity index (χ1n) is 6.33. The molecule has 88 valence electrons. The van der Waals surface area contributed by atoms with Crippen molar-refractivity contribution in [2.75, 3.05) is 24.7 Å². The molecule has 2 aliphatic rings. The Kier molecular flexibility index (Phi) is 4.79. The largest absolute Gasteiger partial charge is 0.375 e. The average molecular weight is 229 g/mol. The maximum atomic E-state index is 5.88. The maximum Gasteiger partial charge on any atom is 0.0818 e. The van der Waals surface area contributed by atoms with Crippen LogP contribution in [-0.4, -0.2) is 36.8 Å². The van der Waals surface area contributed by atoms with Gasteiger partial charge in [0.15, 0.2) is 0 Å². The molecule has 2 rings (SSSR count). The van der Waals surface area contributed by atoms with Gasteiger partial charge in [-0.25, -0.2) is 0 Å². The lowest BCUT2D eigenvalue weighted by Crippen LogP contribution is -2.45. The van der Waals surface area contributed by atoms with Crippen molar-refractivity contribution in [1.82, 2.24) is 5.32 Å². The fourth-order valence-corrected chi connectivity index (χ4v) is 3.09. The van der Waals surface area contributed by atoms with Crippen molar-refractivity contribution in [3.8, 4) is 0 Å². The lowest BCUT2D eigenvalue weighted by Gasteiger charge is -2.31. The smallest absolute Gasteiger partial charge is 0.0818 e. The summed E-state index contributed by atoms with van der Waals surface area (Å²) in [6.07, 6.45) is 5.93. The summed E-state index contributed by atoms with van der Waals surface area (Å²) in [5, 5.41) is 3.67. The summed E-state index contributed by atoms with van der Waals surface area (Å²) in [5.41, 5.74) is 0. The molecule has 3 heteroatoms. The standard InChI is InChI=1S/C12H23NOS/c1-2-5-13-11(8-10-3-4-10)12-9-15-7-6-14-12/h10-13H,2-9H2,1H3. The molecule has 1 aliphatic heterocycles. The van der Waals surface area contributed by atoms with E-state index in [1.807, 2.05) is 11.8 Å². The molecule has 1 saturated carbocycles. The van der Waals surface area contributed by atoms with E-state index < -0.39 is 0 Å². The molecule has 0 spiro atoms. The van der Waals surface area contributed by atoms with Gasteiger partial charge in [-0.2, -0.15) is 11.8 Å². The van der Waals surface area contributed by atoms with E-state index in [9.17, 15) is 0 Å². The zero-order chi connectivity index (χ0) is 10.5. The van der Waals surface area contributed by atoms with Gasteiger partial charge in [0.05, 0.1) is 12.7 Å². The van der Waals surface area contributed by atoms with Gasteiger partial charge >= 0.3 is 0 Å². The van der Waals surface area contributed by atoms with Crippen LogP contribution >= 0.6 is 11.8 Å². The van der Waals surface area contributed by atoms with E-state index >= 15 is 0 Å². The molecule has 0 bridgehead atoms. The number of rotatable bonds is 6. The molecule has 1 N–H and O–H groups in total. The average Bonchev–Trinajstić information content (AvgIpc) is 3.09. The monoisotopic (exact) mass is 229 g/mol. The molecule has 0 aromatic heterocycles. The van der Waals surface area contributed by atoms with Gasteiger partial charge < -0.3 is 10.1 Å². The minimum absolute atomic E-state index is 0.468. The van der Waals surface area contributed by atoms with Crippen LogP contribution in [0.25, 0.3) is 0 Å². The molecule has 0 aromatic carbocycles. The third-order valence-corrected chi connectivity index (χ3v) is 4.25. The summed E-state index contributed by atoms with van der Waals surface area (Å²) in [6.45, 7) is 4.32. The Labute approximate surface area is 97.5 Å². The number of hydrogen-bond acceptors (Lipinski definition) is 3. The highest BCUT2D eigenvalue weighted by molar-refractivity contribution is 7.99. The van der Waals surface area contributed by atoms with Crippen molar-refractivity contribution >= 4 is 11.8 Å². The van der Waals surface area contributed by atoms with Crippen LogP contribution < -0.4 is 5.32 Å². The van der Waals surface area contributed by atoms with Crippen molar-refractivity contribution in [3.63, 3.8) is 0 Å². The summed E-state index contributed by atoms with van der Waals surface area (Å²) in [6, 6.07) is 0.616. The molecule has 1 saturated heterocycles. The Hall–Kier alpha value is 0.270. The van der Waals surface area contributed by atoms with E-state index in [0.29, 0.717) is 12.1 Å². The molecule has 0 aromatic rings. The van der Waals surface area contributed by atoms with Crippen molar-refractivity contribution in [2.45, 2.75) is 44.8 Å². The molecular formula is C12H23NOS. The predicted octanol–water partition coefficient (Wildman–Crippen LogP) is 2.29. The maximum absolute atomic E-state index is 5.88. The minimum atomic E-state index is 0.468. The van der Waals surface area contributed by atoms with E-state index in [2.05, 4.69) is 12.2 Å². The van der Waals surface area contributed by atoms with Gasteiger partial charge in [-0.3, -0.25) is 0 Å². The summed E-state index contributed by atoms with van der Waals surface area (Å²) in [5.74, 6) is 3.36. The number of hydrogen-bond donors (Lipinski definition) is 1. The normalized spacial score (nSPS) is 29.0. The van der Waals surface area contributed by atoms with E-state index in [1.165, 1.54) is 37.2 Å². The number of nitrogens with one attached hydrogen (secondary N) is 1. The Morgan fingerprint density at radius 2 is 2.33 bits per heavy atom. The Balaban J connectivity index is 1.78. The van der Waals surface area contributed by atoms with Crippen LogP contribution in [0.4, 0.5) is 0 Å². The molecule has 1 heterocycles. The SMILES string of the molecule is CCCNC(CC1CC1)C1CSCCO1. The highest BCUT2D eigenvalue weighted by atomic mass is 32.2. The third kappa shape index (κ3) is 3.97. The number of thioether (sulfide) groups is 1. The second-order valence-corrected chi connectivity index (χ2v) is 5.87. The zero-order valence-electron chi connectivity index (χ0n) is 9.71. The molecular weight excluding hydrogens is 206 g/mol. The predicted molar refractivity (Wildman–Crippen MR) is 66.5 cm³/mol. The van der Waals surface area contributed by atoms with Crippen molar-refractivity contribution in [1.29, 1.82) is 0 Å². The third-order valence-electron chi connectivity index (χ3n) is 3.23. The van der Waals surface area contributed by atoms with Gasteiger partial charge in [0.25, 0.3) is 0 Å². The highest BCUT2D eigenvalue weighted by Crippen LogP contribution is 2.35. The first kappa shape index (κ1) is 11.7. The van der Waals surface area contributed by atoms with E-state index in [4.69, 9.17) is 4.74 Å². The topological polar surface area (TPSA) is 21.3 Å². The molecule has 2 nitrogen and oxygen atoms in total. The van der Waals surface area contributed by atoms with Crippen LogP contribution in [0, 0.1) is 5.92 Å². The first-order valence-corrected chi connectivity index (χ1v) is 7.48. The molecule has 1 aliphatic carbocycles. The second kappa shape index (κ2) is 6.12. The van der Waals surface area contributed by atoms with Crippen molar-refractivity contribution in [2.24, 2.45) is 5.92 Å². The highest BCUT2D eigenvalue weighted by Gasteiger charge is 2.31. The Bertz CT molecular complexity index is 178. The second-order valence-electron chi connectivity index (χ2n) is 4.72. The van der Waals surface area contributed by atoms with Crippen LogP contribution in [0.2, 0.25) is 0 Å². The zero-order valence-corrected chi connectivity index (χ0v) is 10.5. The van der Waals surface area contributed by atoms with E-state index in [0.717, 1.165) is 19.1 Å². The van der Waals surface area contributed by atoms with Crippen LogP contribution in [0.1, 0.15) is 32.6 Å². The van der Waals surface area contributed by atoms with Crippen LogP contribution in [0.3, 0.4) is 0 Å².